The molecule has 3 nitrogen and oxygen atoms in total. The third kappa shape index (κ3) is 6.75. The van der Waals surface area contributed by atoms with Gasteiger partial charge in [0, 0.05) is 33.8 Å². The fraction of sp³-hybridized carbons (Fsp3) is 0.0500. The van der Waals surface area contributed by atoms with Gasteiger partial charge in [0.2, 0.25) is 5.89 Å². The van der Waals surface area contributed by atoms with Gasteiger partial charge in [-0.1, -0.05) is 170 Å². The molecule has 0 saturated heterocycles. The zero-order valence-corrected chi connectivity index (χ0v) is 34.7. The predicted octanol–water partition coefficient (Wildman–Crippen LogP) is 16.4. The van der Waals surface area contributed by atoms with Crippen LogP contribution >= 0.6 is 0 Å². The summed E-state index contributed by atoms with van der Waals surface area (Å²) in [5, 5.41) is 7.20. The van der Waals surface area contributed by atoms with E-state index in [2.05, 4.69) is 229 Å². The number of aromatic nitrogens is 1. The Balaban J connectivity index is 0.868. The van der Waals surface area contributed by atoms with E-state index in [0.717, 1.165) is 51.7 Å². The Bertz CT molecular complexity index is 3510. The topological polar surface area (TPSA) is 29.3 Å². The molecular weight excluding hydrogens is 765 g/mol. The summed E-state index contributed by atoms with van der Waals surface area (Å²) >= 11 is 0. The molecule has 63 heavy (non-hydrogen) atoms. The average molecular weight is 807 g/mol. The molecule has 1 atom stereocenters. The maximum atomic E-state index is 6.32. The highest BCUT2D eigenvalue weighted by molar-refractivity contribution is 6.05. The number of fused-ring (bicyclic) bond motifs is 5. The van der Waals surface area contributed by atoms with Crippen molar-refractivity contribution in [3.05, 3.63) is 242 Å². The first-order chi connectivity index (χ1) is 31.2. The Hall–Kier alpha value is -8.01. The van der Waals surface area contributed by atoms with E-state index in [1.807, 2.05) is 0 Å². The molecule has 298 valence electrons. The molecule has 1 heterocycles. The van der Waals surface area contributed by atoms with E-state index in [9.17, 15) is 0 Å². The summed E-state index contributed by atoms with van der Waals surface area (Å²) in [6.45, 7) is 0. The zero-order chi connectivity index (χ0) is 41.7. The Kier molecular flexibility index (Phi) is 9.04. The van der Waals surface area contributed by atoms with Gasteiger partial charge in [-0.05, 0) is 128 Å². The Morgan fingerprint density at radius 1 is 0.508 bits per heavy atom. The summed E-state index contributed by atoms with van der Waals surface area (Å²) in [5.41, 5.74) is 14.7. The van der Waals surface area contributed by atoms with E-state index < -0.39 is 0 Å². The molecule has 3 heteroatoms. The Morgan fingerprint density at radius 2 is 1.27 bits per heavy atom. The minimum absolute atomic E-state index is 0.257. The smallest absolute Gasteiger partial charge is 0.227 e. The van der Waals surface area contributed by atoms with Crippen molar-refractivity contribution < 1.29 is 4.42 Å². The molecule has 10 aromatic rings. The van der Waals surface area contributed by atoms with E-state index in [4.69, 9.17) is 9.40 Å². The highest BCUT2D eigenvalue weighted by Crippen LogP contribution is 2.43. The lowest BCUT2D eigenvalue weighted by Gasteiger charge is -2.31. The van der Waals surface area contributed by atoms with Gasteiger partial charge in [-0.15, -0.1) is 0 Å². The van der Waals surface area contributed by atoms with E-state index >= 15 is 0 Å². The van der Waals surface area contributed by atoms with Crippen molar-refractivity contribution >= 4 is 60.4 Å². The van der Waals surface area contributed by atoms with Gasteiger partial charge >= 0.3 is 0 Å². The quantitative estimate of drug-likeness (QED) is 0.153. The average Bonchev–Trinajstić information content (AvgIpc) is 4.06. The molecule has 0 aliphatic heterocycles. The molecule has 0 spiro atoms. The van der Waals surface area contributed by atoms with Crippen LogP contribution in [0.1, 0.15) is 30.2 Å². The first-order valence-corrected chi connectivity index (χ1v) is 21.9. The van der Waals surface area contributed by atoms with Crippen molar-refractivity contribution in [2.45, 2.75) is 18.8 Å². The minimum Gasteiger partial charge on any atom is -0.435 e. The lowest BCUT2D eigenvalue weighted by atomic mass is 9.89. The number of oxazole rings is 1. The van der Waals surface area contributed by atoms with Gasteiger partial charge in [0.05, 0.1) is 5.69 Å². The van der Waals surface area contributed by atoms with Crippen LogP contribution in [0.3, 0.4) is 0 Å². The second-order valence-electron chi connectivity index (χ2n) is 16.6. The molecule has 0 amide bonds. The first-order valence-electron chi connectivity index (χ1n) is 21.9. The standard InChI is InChI=1S/C60H42N2O/c1-3-12-43(13-4-1)56-39-49(54-21-11-17-42-14-9-10-20-53(42)54)30-35-58(56)62(51-18-5-2-6-19-51)52-31-26-40(27-32-52)45-24-22-41-23-25-46(38-50(41)37-45)47-28-33-55-48(36-47)29-34-57-59(55)63-60(61-57)44-15-7-8-16-44/h1-7,9-26,28-40H,8,27H2. The maximum absolute atomic E-state index is 6.32. The number of anilines is 2. The van der Waals surface area contributed by atoms with Crippen molar-refractivity contribution in [2.75, 3.05) is 4.90 Å². The molecule has 0 bridgehead atoms. The number of benzene rings is 9. The fourth-order valence-electron chi connectivity index (χ4n) is 9.56. The SMILES string of the molecule is C1=CC(c2nc3ccc4cc(-c5ccc6ccc(C7C=CC(N(c8ccccc8)c8ccc(-c9cccc%10ccccc9%10)cc8-c8ccccc8)=CC7)cc6c5)ccc4c3o2)=CC1. The summed E-state index contributed by atoms with van der Waals surface area (Å²) in [5.74, 6) is 0.945. The molecule has 9 aromatic carbocycles. The molecule has 2 aliphatic carbocycles. The van der Waals surface area contributed by atoms with Crippen LogP contribution in [0, 0.1) is 0 Å². The summed E-state index contributed by atoms with van der Waals surface area (Å²) in [4.78, 5) is 7.21. The molecular formula is C60H42N2O. The number of para-hydroxylation sites is 1. The van der Waals surface area contributed by atoms with Crippen molar-refractivity contribution in [2.24, 2.45) is 0 Å². The third-order valence-electron chi connectivity index (χ3n) is 12.8. The molecule has 0 saturated carbocycles. The molecule has 0 N–H and O–H groups in total. The lowest BCUT2D eigenvalue weighted by Crippen LogP contribution is -2.18. The normalized spacial score (nSPS) is 14.8. The van der Waals surface area contributed by atoms with E-state index in [1.54, 1.807) is 0 Å². The largest absolute Gasteiger partial charge is 0.435 e. The summed E-state index contributed by atoms with van der Waals surface area (Å²) < 4.78 is 6.32. The molecule has 12 rings (SSSR count). The number of hydrogen-bond donors (Lipinski definition) is 0. The fourth-order valence-corrected chi connectivity index (χ4v) is 9.56. The van der Waals surface area contributed by atoms with Gasteiger partial charge in [-0.2, -0.15) is 0 Å². The monoisotopic (exact) mass is 806 g/mol. The predicted molar refractivity (Wildman–Crippen MR) is 264 cm³/mol. The molecule has 0 radical (unpaired) electrons. The second-order valence-corrected chi connectivity index (χ2v) is 16.6. The summed E-state index contributed by atoms with van der Waals surface area (Å²) in [6, 6.07) is 68.4. The first kappa shape index (κ1) is 36.8. The van der Waals surface area contributed by atoms with E-state index in [-0.39, 0.29) is 5.92 Å². The van der Waals surface area contributed by atoms with E-state index in [0.29, 0.717) is 5.89 Å². The van der Waals surface area contributed by atoms with Crippen LogP contribution in [0.2, 0.25) is 0 Å². The van der Waals surface area contributed by atoms with Crippen molar-refractivity contribution in [3.8, 4) is 33.4 Å². The second kappa shape index (κ2) is 15.5. The van der Waals surface area contributed by atoms with Crippen molar-refractivity contribution in [1.29, 1.82) is 0 Å². The van der Waals surface area contributed by atoms with Crippen LogP contribution in [-0.2, 0) is 0 Å². The summed E-state index contributed by atoms with van der Waals surface area (Å²) in [7, 11) is 0. The van der Waals surface area contributed by atoms with Gasteiger partial charge in [-0.25, -0.2) is 4.98 Å². The lowest BCUT2D eigenvalue weighted by molar-refractivity contribution is 0.588. The highest BCUT2D eigenvalue weighted by atomic mass is 16.3. The van der Waals surface area contributed by atoms with Gasteiger partial charge < -0.3 is 9.32 Å². The van der Waals surface area contributed by atoms with Crippen LogP contribution in [0.5, 0.6) is 0 Å². The molecule has 1 unspecified atom stereocenters. The molecule has 0 fully saturated rings. The Morgan fingerprint density at radius 3 is 2.11 bits per heavy atom. The third-order valence-corrected chi connectivity index (χ3v) is 12.8. The van der Waals surface area contributed by atoms with Gasteiger partial charge in [0.1, 0.15) is 5.52 Å². The van der Waals surface area contributed by atoms with Crippen molar-refractivity contribution in [3.63, 3.8) is 0 Å². The number of allylic oxidation sites excluding steroid dienone is 7. The van der Waals surface area contributed by atoms with Crippen LogP contribution in [-0.4, -0.2) is 4.98 Å². The number of rotatable bonds is 8. The zero-order valence-electron chi connectivity index (χ0n) is 34.7. The van der Waals surface area contributed by atoms with Crippen molar-refractivity contribution in [1.82, 2.24) is 4.98 Å². The van der Waals surface area contributed by atoms with Crippen LogP contribution in [0.25, 0.3) is 82.4 Å². The summed E-state index contributed by atoms with van der Waals surface area (Å²) in [6.07, 6.45) is 15.3. The maximum Gasteiger partial charge on any atom is 0.227 e. The van der Waals surface area contributed by atoms with Crippen LogP contribution in [0.4, 0.5) is 11.4 Å². The molecule has 1 aromatic heterocycles. The van der Waals surface area contributed by atoms with Gasteiger partial charge in [0.15, 0.2) is 5.58 Å². The van der Waals surface area contributed by atoms with Gasteiger partial charge in [0.25, 0.3) is 0 Å². The van der Waals surface area contributed by atoms with Gasteiger partial charge in [-0.3, -0.25) is 0 Å². The molecule has 2 aliphatic rings. The Labute approximate surface area is 366 Å². The number of hydrogen-bond acceptors (Lipinski definition) is 3. The van der Waals surface area contributed by atoms with E-state index in [1.165, 1.54) is 66.2 Å². The van der Waals surface area contributed by atoms with Crippen LogP contribution < -0.4 is 4.90 Å². The highest BCUT2D eigenvalue weighted by Gasteiger charge is 2.22. The minimum atomic E-state index is 0.257. The van der Waals surface area contributed by atoms with Crippen LogP contribution in [0.15, 0.2) is 235 Å². The number of nitrogens with zero attached hydrogens (tertiary/aromatic N) is 2.